The molecular weight excluding hydrogens is 285 g/mol. The van der Waals surface area contributed by atoms with Crippen molar-refractivity contribution < 1.29 is 13.9 Å². The largest absolute Gasteiger partial charge is 0.456 e. The number of aromatic nitrogens is 1. The molecule has 110 valence electrons. The third kappa shape index (κ3) is 3.38. The lowest BCUT2D eigenvalue weighted by Crippen LogP contribution is -2.14. The number of halogens is 1. The van der Waals surface area contributed by atoms with Gasteiger partial charge in [0.15, 0.2) is 0 Å². The van der Waals surface area contributed by atoms with Crippen LogP contribution in [0.5, 0.6) is 11.5 Å². The second kappa shape index (κ2) is 5.82. The van der Waals surface area contributed by atoms with Crippen molar-refractivity contribution in [1.82, 2.24) is 4.98 Å². The predicted octanol–water partition coefficient (Wildman–Crippen LogP) is 3.23. The highest BCUT2D eigenvalue weighted by Crippen LogP contribution is 2.30. The normalized spacial score (nSPS) is 13.3. The summed E-state index contributed by atoms with van der Waals surface area (Å²) < 4.78 is 18.8. The van der Waals surface area contributed by atoms with Gasteiger partial charge in [-0.2, -0.15) is 5.26 Å². The van der Waals surface area contributed by atoms with E-state index in [0.29, 0.717) is 11.6 Å². The lowest BCUT2D eigenvalue weighted by Gasteiger charge is -2.07. The molecule has 5 nitrogen and oxygen atoms in total. The van der Waals surface area contributed by atoms with Crippen LogP contribution in [0.4, 0.5) is 10.2 Å². The van der Waals surface area contributed by atoms with Crippen LogP contribution in [0.15, 0.2) is 36.5 Å². The zero-order chi connectivity index (χ0) is 15.5. The number of carbonyl (C=O) groups excluding carboxylic acids is 1. The molecule has 1 heterocycles. The highest BCUT2D eigenvalue weighted by atomic mass is 19.1. The third-order valence-corrected chi connectivity index (χ3v) is 3.17. The van der Waals surface area contributed by atoms with E-state index in [1.807, 2.05) is 6.07 Å². The van der Waals surface area contributed by atoms with Crippen molar-refractivity contribution in [3.05, 3.63) is 47.9 Å². The van der Waals surface area contributed by atoms with E-state index in [2.05, 4.69) is 10.3 Å². The van der Waals surface area contributed by atoms with E-state index in [4.69, 9.17) is 10.00 Å². The Kier molecular flexibility index (Phi) is 3.71. The maximum absolute atomic E-state index is 13.3. The summed E-state index contributed by atoms with van der Waals surface area (Å²) in [5.74, 6) is 0.586. The standard InChI is InChI=1S/C16H12FN3O2/c17-12-5-10(8-18)6-14(7-12)22-13-3-4-15(19-9-13)20-16(21)11-1-2-11/h3-7,9,11H,1-2H2,(H,19,20,21). The van der Waals surface area contributed by atoms with Crippen LogP contribution in [0, 0.1) is 23.1 Å². The van der Waals surface area contributed by atoms with Crippen LogP contribution in [0.2, 0.25) is 0 Å². The smallest absolute Gasteiger partial charge is 0.228 e. The van der Waals surface area contributed by atoms with Gasteiger partial charge in [-0.3, -0.25) is 4.79 Å². The number of benzene rings is 1. The van der Waals surface area contributed by atoms with E-state index in [0.717, 1.165) is 18.9 Å². The van der Waals surface area contributed by atoms with Gasteiger partial charge in [0.05, 0.1) is 17.8 Å². The van der Waals surface area contributed by atoms with Gasteiger partial charge in [0.1, 0.15) is 23.1 Å². The minimum absolute atomic E-state index is 0.0232. The Morgan fingerprint density at radius 3 is 2.77 bits per heavy atom. The summed E-state index contributed by atoms with van der Waals surface area (Å²) in [6, 6.07) is 8.83. The Hall–Kier alpha value is -2.94. The van der Waals surface area contributed by atoms with Crippen molar-refractivity contribution in [3.63, 3.8) is 0 Å². The minimum atomic E-state index is -0.546. The summed E-state index contributed by atoms with van der Waals surface area (Å²) in [6.07, 6.45) is 3.28. The van der Waals surface area contributed by atoms with Crippen LogP contribution in [0.1, 0.15) is 18.4 Å². The molecule has 0 aliphatic heterocycles. The summed E-state index contributed by atoms with van der Waals surface area (Å²) in [5, 5.41) is 11.5. The maximum Gasteiger partial charge on any atom is 0.228 e. The van der Waals surface area contributed by atoms with Crippen molar-refractivity contribution in [3.8, 4) is 17.6 Å². The quantitative estimate of drug-likeness (QED) is 0.940. The SMILES string of the molecule is N#Cc1cc(F)cc(Oc2ccc(NC(=O)C3CC3)nc2)c1. The molecule has 22 heavy (non-hydrogen) atoms. The van der Waals surface area contributed by atoms with Gasteiger partial charge in [0.2, 0.25) is 5.91 Å². The Morgan fingerprint density at radius 2 is 2.14 bits per heavy atom. The number of hydrogen-bond donors (Lipinski definition) is 1. The van der Waals surface area contributed by atoms with Crippen LogP contribution in [0.25, 0.3) is 0 Å². The Balaban J connectivity index is 1.69. The molecule has 0 saturated heterocycles. The van der Waals surface area contributed by atoms with E-state index in [-0.39, 0.29) is 23.1 Å². The first-order valence-electron chi connectivity index (χ1n) is 6.79. The summed E-state index contributed by atoms with van der Waals surface area (Å²) in [4.78, 5) is 15.7. The van der Waals surface area contributed by atoms with Gasteiger partial charge < -0.3 is 10.1 Å². The number of hydrogen-bond acceptors (Lipinski definition) is 4. The van der Waals surface area contributed by atoms with Crippen LogP contribution in [0.3, 0.4) is 0 Å². The molecule has 0 bridgehead atoms. The Labute approximate surface area is 126 Å². The van der Waals surface area contributed by atoms with Gasteiger partial charge in [-0.1, -0.05) is 0 Å². The number of nitrogens with one attached hydrogen (secondary N) is 1. The zero-order valence-corrected chi connectivity index (χ0v) is 11.5. The number of nitrogens with zero attached hydrogens (tertiary/aromatic N) is 2. The average Bonchev–Trinajstić information content (AvgIpc) is 3.33. The summed E-state index contributed by atoms with van der Waals surface area (Å²) in [6.45, 7) is 0. The summed E-state index contributed by atoms with van der Waals surface area (Å²) in [7, 11) is 0. The maximum atomic E-state index is 13.3. The van der Waals surface area contributed by atoms with E-state index in [1.165, 1.54) is 18.3 Å². The first-order valence-corrected chi connectivity index (χ1v) is 6.79. The monoisotopic (exact) mass is 297 g/mol. The van der Waals surface area contributed by atoms with Gasteiger partial charge in [-0.15, -0.1) is 0 Å². The molecule has 1 aromatic heterocycles. The van der Waals surface area contributed by atoms with E-state index in [1.54, 1.807) is 12.1 Å². The fourth-order valence-electron chi connectivity index (χ4n) is 1.91. The minimum Gasteiger partial charge on any atom is -0.456 e. The Morgan fingerprint density at radius 1 is 1.32 bits per heavy atom. The molecule has 1 amide bonds. The van der Waals surface area contributed by atoms with Crippen LogP contribution < -0.4 is 10.1 Å². The van der Waals surface area contributed by atoms with Crippen LogP contribution in [-0.2, 0) is 4.79 Å². The zero-order valence-electron chi connectivity index (χ0n) is 11.5. The molecule has 1 fully saturated rings. The molecule has 1 aromatic carbocycles. The van der Waals surface area contributed by atoms with Crippen LogP contribution >= 0.6 is 0 Å². The molecule has 2 aromatic rings. The fourth-order valence-corrected chi connectivity index (χ4v) is 1.91. The molecule has 0 radical (unpaired) electrons. The molecule has 0 unspecified atom stereocenters. The van der Waals surface area contributed by atoms with Crippen molar-refractivity contribution in [2.75, 3.05) is 5.32 Å². The molecule has 0 atom stereocenters. The molecule has 1 aliphatic rings. The van der Waals surface area contributed by atoms with Crippen molar-refractivity contribution >= 4 is 11.7 Å². The van der Waals surface area contributed by atoms with Gasteiger partial charge in [0, 0.05) is 12.0 Å². The van der Waals surface area contributed by atoms with E-state index in [9.17, 15) is 9.18 Å². The summed E-state index contributed by atoms with van der Waals surface area (Å²) >= 11 is 0. The number of nitriles is 1. The fraction of sp³-hybridized carbons (Fsp3) is 0.188. The predicted molar refractivity (Wildman–Crippen MR) is 76.8 cm³/mol. The second-order valence-corrected chi connectivity index (χ2v) is 5.03. The van der Waals surface area contributed by atoms with Gasteiger partial charge >= 0.3 is 0 Å². The lowest BCUT2D eigenvalue weighted by atomic mass is 10.2. The first-order chi connectivity index (χ1) is 10.6. The number of anilines is 1. The summed E-state index contributed by atoms with van der Waals surface area (Å²) in [5.41, 5.74) is 0.177. The molecule has 6 heteroatoms. The number of rotatable bonds is 4. The van der Waals surface area contributed by atoms with Crippen molar-refractivity contribution in [2.24, 2.45) is 5.92 Å². The molecule has 1 aliphatic carbocycles. The number of ether oxygens (including phenoxy) is 1. The Bertz CT molecular complexity index is 749. The van der Waals surface area contributed by atoms with Crippen molar-refractivity contribution in [1.29, 1.82) is 5.26 Å². The van der Waals surface area contributed by atoms with Gasteiger partial charge in [0.25, 0.3) is 0 Å². The molecule has 1 N–H and O–H groups in total. The number of amides is 1. The third-order valence-electron chi connectivity index (χ3n) is 3.17. The number of carbonyl (C=O) groups is 1. The van der Waals surface area contributed by atoms with E-state index < -0.39 is 5.82 Å². The highest BCUT2D eigenvalue weighted by molar-refractivity contribution is 5.93. The molecule has 0 spiro atoms. The highest BCUT2D eigenvalue weighted by Gasteiger charge is 2.29. The van der Waals surface area contributed by atoms with Crippen molar-refractivity contribution in [2.45, 2.75) is 12.8 Å². The second-order valence-electron chi connectivity index (χ2n) is 5.03. The van der Waals surface area contributed by atoms with Gasteiger partial charge in [-0.25, -0.2) is 9.37 Å². The average molecular weight is 297 g/mol. The van der Waals surface area contributed by atoms with Crippen LogP contribution in [-0.4, -0.2) is 10.9 Å². The topological polar surface area (TPSA) is 75.0 Å². The van der Waals surface area contributed by atoms with E-state index >= 15 is 0 Å². The lowest BCUT2D eigenvalue weighted by molar-refractivity contribution is -0.117. The first kappa shape index (κ1) is 14.0. The number of pyridine rings is 1. The molecule has 1 saturated carbocycles. The van der Waals surface area contributed by atoms with Gasteiger partial charge in [-0.05, 0) is 37.1 Å². The molecular formula is C16H12FN3O2. The molecule has 3 rings (SSSR count).